The maximum Gasteiger partial charge on any atom is 0.323 e. The third-order valence-corrected chi connectivity index (χ3v) is 5.14. The average molecular weight is 410 g/mol. The lowest BCUT2D eigenvalue weighted by molar-refractivity contribution is -0.134. The molecular weight excluding hydrogens is 398 g/mol. The van der Waals surface area contributed by atoms with Gasteiger partial charge in [0.15, 0.2) is 0 Å². The Balaban J connectivity index is 1.50. The van der Waals surface area contributed by atoms with Crippen molar-refractivity contribution in [1.82, 2.24) is 20.8 Å². The van der Waals surface area contributed by atoms with Gasteiger partial charge >= 0.3 is 6.03 Å². The van der Waals surface area contributed by atoms with Gasteiger partial charge in [-0.05, 0) is 30.3 Å². The lowest BCUT2D eigenvalue weighted by atomic mass is 9.92. The number of amides is 4. The second kappa shape index (κ2) is 6.14. The van der Waals surface area contributed by atoms with Crippen LogP contribution in [0.15, 0.2) is 52.9 Å². The van der Waals surface area contributed by atoms with Gasteiger partial charge in [0, 0.05) is 16.1 Å². The first-order chi connectivity index (χ1) is 14.0. The summed E-state index contributed by atoms with van der Waals surface area (Å²) in [7, 11) is 0. The number of benzene rings is 2. The summed E-state index contributed by atoms with van der Waals surface area (Å²) < 4.78 is 5.69. The van der Waals surface area contributed by atoms with Crippen LogP contribution >= 0.6 is 11.6 Å². The normalized spacial score (nSPS) is 20.2. The molecule has 0 aliphatic carbocycles. The molecule has 3 aromatic rings. The molecule has 5 rings (SSSR count). The zero-order valence-electron chi connectivity index (χ0n) is 14.7. The van der Waals surface area contributed by atoms with Gasteiger partial charge in [-0.2, -0.15) is 0 Å². The second-order valence-corrected chi connectivity index (χ2v) is 7.01. The van der Waals surface area contributed by atoms with Crippen molar-refractivity contribution in [2.45, 2.75) is 12.1 Å². The summed E-state index contributed by atoms with van der Waals surface area (Å²) in [6.45, 7) is -0.0542. The Morgan fingerprint density at radius 3 is 2.52 bits per heavy atom. The van der Waals surface area contributed by atoms with Gasteiger partial charge in [-0.15, -0.1) is 10.2 Å². The molecule has 0 saturated carbocycles. The van der Waals surface area contributed by atoms with E-state index in [4.69, 9.17) is 16.0 Å². The van der Waals surface area contributed by atoms with E-state index in [1.165, 1.54) is 4.90 Å². The first-order valence-corrected chi connectivity index (χ1v) is 9.00. The lowest BCUT2D eigenvalue weighted by Crippen LogP contribution is -2.52. The molecular formula is C19H12ClN5O4. The third-order valence-electron chi connectivity index (χ3n) is 4.88. The molecule has 10 heteroatoms. The van der Waals surface area contributed by atoms with Crippen molar-refractivity contribution in [1.29, 1.82) is 0 Å². The Hall–Kier alpha value is -3.72. The molecule has 1 unspecified atom stereocenters. The number of carbonyl (C=O) groups excluding carboxylic acids is 3. The Morgan fingerprint density at radius 2 is 1.79 bits per heavy atom. The third kappa shape index (κ3) is 2.51. The molecule has 29 heavy (non-hydrogen) atoms. The minimum absolute atomic E-state index is 0.0542. The number of para-hydroxylation sites is 1. The smallest absolute Gasteiger partial charge is 0.323 e. The van der Waals surface area contributed by atoms with Crippen LogP contribution in [0.25, 0.3) is 11.5 Å². The number of nitrogens with one attached hydrogen (secondary N) is 2. The van der Waals surface area contributed by atoms with E-state index in [9.17, 15) is 14.4 Å². The first-order valence-electron chi connectivity index (χ1n) is 8.62. The topological polar surface area (TPSA) is 117 Å². The van der Waals surface area contributed by atoms with E-state index < -0.39 is 23.4 Å². The van der Waals surface area contributed by atoms with E-state index in [0.29, 0.717) is 21.8 Å². The number of rotatable bonds is 3. The van der Waals surface area contributed by atoms with E-state index in [2.05, 4.69) is 20.8 Å². The van der Waals surface area contributed by atoms with Gasteiger partial charge in [0.2, 0.25) is 17.3 Å². The molecule has 3 heterocycles. The predicted molar refractivity (Wildman–Crippen MR) is 101 cm³/mol. The summed E-state index contributed by atoms with van der Waals surface area (Å²) in [6, 6.07) is 12.9. The van der Waals surface area contributed by atoms with Crippen molar-refractivity contribution in [3.05, 3.63) is 65.0 Å². The average Bonchev–Trinajstić information content (AvgIpc) is 3.36. The standard InChI is InChI=1S/C19H12ClN5O4/c20-11-7-5-10(6-8-11)15-24-23-14(29-15)9-25-13-4-2-1-3-12(13)19(17(25)27)16(26)21-18(28)22-19/h1-8H,9H2,(H2,21,22,26,28). The molecule has 2 aliphatic rings. The zero-order chi connectivity index (χ0) is 20.2. The molecule has 0 radical (unpaired) electrons. The number of hydrogen-bond acceptors (Lipinski definition) is 6. The fraction of sp³-hybridized carbons (Fsp3) is 0.105. The number of fused-ring (bicyclic) bond motifs is 2. The molecule has 1 spiro atoms. The van der Waals surface area contributed by atoms with Crippen molar-refractivity contribution in [3.8, 4) is 11.5 Å². The second-order valence-electron chi connectivity index (χ2n) is 6.57. The fourth-order valence-corrected chi connectivity index (χ4v) is 3.69. The molecule has 4 amide bonds. The van der Waals surface area contributed by atoms with Gasteiger partial charge in [0.1, 0.15) is 6.54 Å². The highest BCUT2D eigenvalue weighted by Crippen LogP contribution is 2.42. The van der Waals surface area contributed by atoms with Crippen LogP contribution in [-0.2, 0) is 21.7 Å². The molecule has 9 nitrogen and oxygen atoms in total. The highest BCUT2D eigenvalue weighted by atomic mass is 35.5. The summed E-state index contributed by atoms with van der Waals surface area (Å²) in [4.78, 5) is 38.8. The summed E-state index contributed by atoms with van der Waals surface area (Å²) in [5, 5.41) is 13.2. The number of imide groups is 1. The van der Waals surface area contributed by atoms with E-state index in [-0.39, 0.29) is 18.3 Å². The maximum atomic E-state index is 13.2. The molecule has 2 aromatic carbocycles. The van der Waals surface area contributed by atoms with Crippen molar-refractivity contribution in [3.63, 3.8) is 0 Å². The van der Waals surface area contributed by atoms with Gasteiger partial charge < -0.3 is 9.73 Å². The largest absolute Gasteiger partial charge is 0.419 e. The summed E-state index contributed by atoms with van der Waals surface area (Å²) in [5.41, 5.74) is -0.223. The molecule has 1 aromatic heterocycles. The number of hydrogen-bond donors (Lipinski definition) is 2. The molecule has 2 aliphatic heterocycles. The highest BCUT2D eigenvalue weighted by Gasteiger charge is 2.61. The Kier molecular flexibility index (Phi) is 3.68. The molecule has 2 N–H and O–H groups in total. The molecule has 1 saturated heterocycles. The highest BCUT2D eigenvalue weighted by molar-refractivity contribution is 6.30. The van der Waals surface area contributed by atoms with Crippen LogP contribution in [-0.4, -0.2) is 28.0 Å². The lowest BCUT2D eigenvalue weighted by Gasteiger charge is -2.20. The van der Waals surface area contributed by atoms with Crippen molar-refractivity contribution < 1.29 is 18.8 Å². The van der Waals surface area contributed by atoms with Crippen molar-refractivity contribution in [2.75, 3.05) is 4.90 Å². The SMILES string of the molecule is O=C1NC(=O)C2(N1)C(=O)N(Cc1nnc(-c3ccc(Cl)cc3)o1)c1ccccc12. The fourth-order valence-electron chi connectivity index (χ4n) is 3.57. The Labute approximate surface area is 168 Å². The maximum absolute atomic E-state index is 13.2. The monoisotopic (exact) mass is 409 g/mol. The van der Waals surface area contributed by atoms with Gasteiger partial charge in [-0.3, -0.25) is 19.8 Å². The van der Waals surface area contributed by atoms with Crippen LogP contribution in [0.5, 0.6) is 0 Å². The molecule has 1 atom stereocenters. The van der Waals surface area contributed by atoms with Gasteiger partial charge in [0.05, 0.1) is 5.69 Å². The number of nitrogens with zero attached hydrogens (tertiary/aromatic N) is 3. The van der Waals surface area contributed by atoms with Crippen LogP contribution in [0.4, 0.5) is 10.5 Å². The van der Waals surface area contributed by atoms with Gasteiger partial charge in [-0.1, -0.05) is 29.8 Å². The van der Waals surface area contributed by atoms with Crippen molar-refractivity contribution >= 4 is 35.1 Å². The first kappa shape index (κ1) is 17.4. The molecule has 1 fully saturated rings. The van der Waals surface area contributed by atoms with E-state index >= 15 is 0 Å². The van der Waals surface area contributed by atoms with Crippen LogP contribution < -0.4 is 15.5 Å². The minimum atomic E-state index is -1.79. The number of anilines is 1. The Morgan fingerprint density at radius 1 is 1.03 bits per heavy atom. The zero-order valence-corrected chi connectivity index (χ0v) is 15.4. The summed E-state index contributed by atoms with van der Waals surface area (Å²) in [6.07, 6.45) is 0. The van der Waals surface area contributed by atoms with E-state index in [1.807, 2.05) is 0 Å². The minimum Gasteiger partial charge on any atom is -0.419 e. The summed E-state index contributed by atoms with van der Waals surface area (Å²) in [5.74, 6) is -0.846. The van der Waals surface area contributed by atoms with Crippen LogP contribution in [0.2, 0.25) is 5.02 Å². The van der Waals surface area contributed by atoms with E-state index in [0.717, 1.165) is 0 Å². The van der Waals surface area contributed by atoms with Crippen LogP contribution in [0.3, 0.4) is 0 Å². The number of carbonyl (C=O) groups is 3. The number of halogens is 1. The number of aromatic nitrogens is 2. The quantitative estimate of drug-likeness (QED) is 0.504. The van der Waals surface area contributed by atoms with Crippen molar-refractivity contribution in [2.24, 2.45) is 0 Å². The Bertz CT molecular complexity index is 1180. The molecule has 0 bridgehead atoms. The predicted octanol–water partition coefficient (Wildman–Crippen LogP) is 1.97. The molecule has 144 valence electrons. The van der Waals surface area contributed by atoms with Crippen LogP contribution in [0, 0.1) is 0 Å². The van der Waals surface area contributed by atoms with E-state index in [1.54, 1.807) is 48.5 Å². The van der Waals surface area contributed by atoms with Crippen LogP contribution in [0.1, 0.15) is 11.5 Å². The van der Waals surface area contributed by atoms with Gasteiger partial charge in [-0.25, -0.2) is 4.79 Å². The number of urea groups is 1. The van der Waals surface area contributed by atoms with Gasteiger partial charge in [0.25, 0.3) is 11.8 Å². The summed E-state index contributed by atoms with van der Waals surface area (Å²) >= 11 is 5.89.